The highest BCUT2D eigenvalue weighted by Gasteiger charge is 2.26. The molecule has 0 fully saturated rings. The lowest BCUT2D eigenvalue weighted by atomic mass is 10.0. The van der Waals surface area contributed by atoms with Gasteiger partial charge in [0.1, 0.15) is 5.75 Å². The predicted molar refractivity (Wildman–Crippen MR) is 113 cm³/mol. The molecule has 1 aromatic heterocycles. The number of carbonyl (C=O) groups is 1. The number of aromatic nitrogens is 1. The van der Waals surface area contributed by atoms with Gasteiger partial charge in [0.2, 0.25) is 10.0 Å². The maximum atomic E-state index is 12.7. The van der Waals surface area contributed by atoms with E-state index in [1.807, 2.05) is 18.2 Å². The molecule has 0 bridgehead atoms. The summed E-state index contributed by atoms with van der Waals surface area (Å²) in [6, 6.07) is 11.0. The molecule has 1 aliphatic heterocycles. The molecule has 1 amide bonds. The average Bonchev–Trinajstić information content (AvgIpc) is 3.20. The molecule has 2 heterocycles. The Hall–Kier alpha value is -2.49. The fraction of sp³-hybridized carbons (Fsp3) is 0.300. The molecule has 0 radical (unpaired) electrons. The lowest BCUT2D eigenvalue weighted by Gasteiger charge is -2.28. The van der Waals surface area contributed by atoms with Gasteiger partial charge in [-0.05, 0) is 47.9 Å². The van der Waals surface area contributed by atoms with E-state index >= 15 is 0 Å². The topological polar surface area (TPSA) is 88.6 Å². The summed E-state index contributed by atoms with van der Waals surface area (Å²) >= 11 is 1.46. The smallest absolute Gasteiger partial charge is 0.251 e. The summed E-state index contributed by atoms with van der Waals surface area (Å²) in [4.78, 5) is 16.5. The van der Waals surface area contributed by atoms with Gasteiger partial charge in [0.25, 0.3) is 5.91 Å². The van der Waals surface area contributed by atoms with Crippen LogP contribution in [0.25, 0.3) is 10.2 Å². The first-order valence-electron chi connectivity index (χ1n) is 9.21. The van der Waals surface area contributed by atoms with E-state index < -0.39 is 10.0 Å². The summed E-state index contributed by atoms with van der Waals surface area (Å²) in [5, 5.41) is 2.71. The van der Waals surface area contributed by atoms with Crippen LogP contribution in [0.2, 0.25) is 0 Å². The van der Waals surface area contributed by atoms with E-state index in [2.05, 4.69) is 10.3 Å². The third-order valence-electron chi connectivity index (χ3n) is 5.02. The SMILES string of the molecule is COc1ccc2c(c1)CCN(S(=O)(=O)CCNC(=O)c1ccc3ncsc3c1)C2. The first-order valence-corrected chi connectivity index (χ1v) is 11.7. The highest BCUT2D eigenvalue weighted by Crippen LogP contribution is 2.25. The minimum atomic E-state index is -3.47. The molecular formula is C20H21N3O4S2. The number of rotatable bonds is 6. The molecule has 2 aromatic carbocycles. The number of sulfonamides is 1. The van der Waals surface area contributed by atoms with Gasteiger partial charge in [-0.3, -0.25) is 4.79 Å². The Labute approximate surface area is 173 Å². The van der Waals surface area contributed by atoms with Gasteiger partial charge >= 0.3 is 0 Å². The average molecular weight is 432 g/mol. The molecule has 0 saturated heterocycles. The van der Waals surface area contributed by atoms with Crippen LogP contribution in [-0.2, 0) is 23.0 Å². The quantitative estimate of drug-likeness (QED) is 0.648. The summed E-state index contributed by atoms with van der Waals surface area (Å²) in [6.07, 6.45) is 0.646. The molecule has 0 saturated carbocycles. The van der Waals surface area contributed by atoms with Gasteiger partial charge in [0.05, 0.1) is 28.6 Å². The zero-order valence-electron chi connectivity index (χ0n) is 15.9. The van der Waals surface area contributed by atoms with Crippen molar-refractivity contribution in [2.45, 2.75) is 13.0 Å². The van der Waals surface area contributed by atoms with Crippen LogP contribution in [0.4, 0.5) is 0 Å². The van der Waals surface area contributed by atoms with Crippen LogP contribution < -0.4 is 10.1 Å². The number of benzene rings is 2. The Morgan fingerprint density at radius 2 is 2.10 bits per heavy atom. The number of carbonyl (C=O) groups excluding carboxylic acids is 1. The zero-order chi connectivity index (χ0) is 20.4. The number of nitrogens with one attached hydrogen (secondary N) is 1. The summed E-state index contributed by atoms with van der Waals surface area (Å²) < 4.78 is 33.1. The molecule has 9 heteroatoms. The molecule has 1 aliphatic rings. The molecule has 0 aliphatic carbocycles. The second-order valence-electron chi connectivity index (χ2n) is 6.82. The second-order valence-corrected chi connectivity index (χ2v) is 9.80. The van der Waals surface area contributed by atoms with E-state index in [-0.39, 0.29) is 18.2 Å². The predicted octanol–water partition coefficient (Wildman–Crippen LogP) is 2.42. The highest BCUT2D eigenvalue weighted by atomic mass is 32.2. The van der Waals surface area contributed by atoms with Crippen molar-refractivity contribution >= 4 is 37.5 Å². The van der Waals surface area contributed by atoms with Crippen molar-refractivity contribution in [3.05, 3.63) is 58.6 Å². The van der Waals surface area contributed by atoms with Crippen molar-refractivity contribution < 1.29 is 17.9 Å². The van der Waals surface area contributed by atoms with E-state index in [0.717, 1.165) is 27.1 Å². The van der Waals surface area contributed by atoms with Crippen LogP contribution in [0.15, 0.2) is 41.9 Å². The minimum Gasteiger partial charge on any atom is -0.497 e. The zero-order valence-corrected chi connectivity index (χ0v) is 17.6. The summed E-state index contributed by atoms with van der Waals surface area (Å²) in [5.41, 5.74) is 5.17. The highest BCUT2D eigenvalue weighted by molar-refractivity contribution is 7.89. The number of hydrogen-bond donors (Lipinski definition) is 1. The molecule has 1 N–H and O–H groups in total. The summed E-state index contributed by atoms with van der Waals surface area (Å²) in [7, 11) is -1.85. The van der Waals surface area contributed by atoms with Crippen LogP contribution in [0.5, 0.6) is 5.75 Å². The van der Waals surface area contributed by atoms with Crippen molar-refractivity contribution in [1.29, 1.82) is 0 Å². The van der Waals surface area contributed by atoms with Gasteiger partial charge in [-0.1, -0.05) is 6.07 Å². The monoisotopic (exact) mass is 431 g/mol. The van der Waals surface area contributed by atoms with Crippen molar-refractivity contribution in [2.24, 2.45) is 0 Å². The van der Waals surface area contributed by atoms with E-state index in [1.54, 1.807) is 30.8 Å². The Bertz CT molecular complexity index is 1160. The first-order chi connectivity index (χ1) is 14.0. The van der Waals surface area contributed by atoms with Crippen LogP contribution in [0.1, 0.15) is 21.5 Å². The van der Waals surface area contributed by atoms with Crippen molar-refractivity contribution in [3.63, 3.8) is 0 Å². The first kappa shape index (κ1) is 19.8. The number of hydrogen-bond acceptors (Lipinski definition) is 6. The lowest BCUT2D eigenvalue weighted by Crippen LogP contribution is -2.40. The van der Waals surface area contributed by atoms with Gasteiger partial charge in [0.15, 0.2) is 0 Å². The normalized spacial score (nSPS) is 14.5. The molecule has 0 atom stereocenters. The van der Waals surface area contributed by atoms with Gasteiger partial charge in [0, 0.05) is 25.2 Å². The molecule has 3 aromatic rings. The third kappa shape index (κ3) is 4.26. The number of ether oxygens (including phenoxy) is 1. The van der Waals surface area contributed by atoms with Crippen molar-refractivity contribution in [1.82, 2.24) is 14.6 Å². The van der Waals surface area contributed by atoms with E-state index in [9.17, 15) is 13.2 Å². The Morgan fingerprint density at radius 1 is 1.24 bits per heavy atom. The van der Waals surface area contributed by atoms with Gasteiger partial charge in [-0.15, -0.1) is 11.3 Å². The molecule has 4 rings (SSSR count). The number of thiazole rings is 1. The fourth-order valence-corrected chi connectivity index (χ4v) is 5.43. The van der Waals surface area contributed by atoms with Crippen molar-refractivity contribution in [2.75, 3.05) is 26.0 Å². The Kier molecular flexibility index (Phi) is 5.53. The number of methoxy groups -OCH3 is 1. The molecule has 0 unspecified atom stereocenters. The summed E-state index contributed by atoms with van der Waals surface area (Å²) in [5.74, 6) is 0.360. The van der Waals surface area contributed by atoms with Gasteiger partial charge in [-0.25, -0.2) is 13.4 Å². The van der Waals surface area contributed by atoms with Crippen LogP contribution >= 0.6 is 11.3 Å². The Balaban J connectivity index is 1.35. The lowest BCUT2D eigenvalue weighted by molar-refractivity contribution is 0.0956. The van der Waals surface area contributed by atoms with Crippen LogP contribution in [0.3, 0.4) is 0 Å². The maximum Gasteiger partial charge on any atom is 0.251 e. The molecule has 152 valence electrons. The molecule has 7 nitrogen and oxygen atoms in total. The second kappa shape index (κ2) is 8.10. The third-order valence-corrected chi connectivity index (χ3v) is 7.63. The molecule has 0 spiro atoms. The number of fused-ring (bicyclic) bond motifs is 2. The maximum absolute atomic E-state index is 12.7. The van der Waals surface area contributed by atoms with E-state index in [4.69, 9.17) is 4.74 Å². The molecule has 29 heavy (non-hydrogen) atoms. The van der Waals surface area contributed by atoms with E-state index in [1.165, 1.54) is 15.6 Å². The molecular weight excluding hydrogens is 410 g/mol. The number of nitrogens with zero attached hydrogens (tertiary/aromatic N) is 2. The number of amides is 1. The minimum absolute atomic E-state index is 0.0634. The van der Waals surface area contributed by atoms with Gasteiger partial charge < -0.3 is 10.1 Å². The van der Waals surface area contributed by atoms with E-state index in [0.29, 0.717) is 25.1 Å². The summed E-state index contributed by atoms with van der Waals surface area (Å²) in [6.45, 7) is 0.837. The van der Waals surface area contributed by atoms with Crippen LogP contribution in [-0.4, -0.2) is 49.6 Å². The largest absolute Gasteiger partial charge is 0.497 e. The Morgan fingerprint density at radius 3 is 2.93 bits per heavy atom. The van der Waals surface area contributed by atoms with Gasteiger partial charge in [-0.2, -0.15) is 4.31 Å². The van der Waals surface area contributed by atoms with Crippen LogP contribution in [0, 0.1) is 0 Å². The van der Waals surface area contributed by atoms with Crippen molar-refractivity contribution in [3.8, 4) is 5.75 Å². The fourth-order valence-electron chi connectivity index (χ4n) is 3.39. The standard InChI is InChI=1S/C20H21N3O4S2/c1-27-17-4-2-16-12-23(8-6-14(16)10-17)29(25,26)9-7-21-20(24)15-3-5-18-19(11-15)28-13-22-18/h2-5,10-11,13H,6-9,12H2,1H3,(H,21,24).